The Balaban J connectivity index is 2.32. The van der Waals surface area contributed by atoms with E-state index in [2.05, 4.69) is 79.2 Å². The molecule has 0 aliphatic heterocycles. The molecule has 2 aromatic carbocycles. The fourth-order valence-corrected chi connectivity index (χ4v) is 3.49. The summed E-state index contributed by atoms with van der Waals surface area (Å²) in [6, 6.07) is 15.5. The van der Waals surface area contributed by atoms with E-state index < -0.39 is 0 Å². The van der Waals surface area contributed by atoms with Gasteiger partial charge in [-0.15, -0.1) is 0 Å². The first-order valence-corrected chi connectivity index (χ1v) is 7.16. The molecule has 0 saturated carbocycles. The molecule has 3 rings (SSSR count). The van der Waals surface area contributed by atoms with Crippen molar-refractivity contribution in [1.29, 1.82) is 0 Å². The number of hydrogen-bond donors (Lipinski definition) is 0. The lowest BCUT2D eigenvalue weighted by Crippen LogP contribution is -2.17. The second-order valence-electron chi connectivity index (χ2n) is 6.12. The predicted octanol–water partition coefficient (Wildman–Crippen LogP) is 5.61. The molecule has 0 N–H and O–H groups in total. The molecule has 1 heteroatoms. The molecule has 0 amide bonds. The van der Waals surface area contributed by atoms with Crippen LogP contribution in [0.2, 0.25) is 0 Å². The molecular weight excluding hydrogens is 284 g/mol. The SMILES string of the molecule is CC(C)(C)C1c2ccccc2-c2ccc(Br)cc21. The summed E-state index contributed by atoms with van der Waals surface area (Å²) in [5.74, 6) is 0.487. The lowest BCUT2D eigenvalue weighted by molar-refractivity contribution is 0.363. The van der Waals surface area contributed by atoms with Crippen molar-refractivity contribution in [3.63, 3.8) is 0 Å². The molecule has 0 bridgehead atoms. The van der Waals surface area contributed by atoms with E-state index >= 15 is 0 Å². The van der Waals surface area contributed by atoms with Crippen molar-refractivity contribution in [2.75, 3.05) is 0 Å². The van der Waals surface area contributed by atoms with E-state index in [9.17, 15) is 0 Å². The molecule has 0 heterocycles. The Hall–Kier alpha value is -1.08. The van der Waals surface area contributed by atoms with E-state index in [1.807, 2.05) is 0 Å². The summed E-state index contributed by atoms with van der Waals surface area (Å²) < 4.78 is 1.17. The van der Waals surface area contributed by atoms with Gasteiger partial charge in [0, 0.05) is 10.4 Å². The Morgan fingerprint density at radius 3 is 2.28 bits per heavy atom. The highest BCUT2D eigenvalue weighted by molar-refractivity contribution is 9.10. The highest BCUT2D eigenvalue weighted by Gasteiger charge is 2.36. The third-order valence-corrected chi connectivity index (χ3v) is 4.25. The molecule has 2 aromatic rings. The van der Waals surface area contributed by atoms with Crippen LogP contribution < -0.4 is 0 Å². The molecule has 0 aromatic heterocycles. The van der Waals surface area contributed by atoms with Gasteiger partial charge >= 0.3 is 0 Å². The zero-order chi connectivity index (χ0) is 12.9. The summed E-state index contributed by atoms with van der Waals surface area (Å²) in [5, 5.41) is 0. The lowest BCUT2D eigenvalue weighted by atomic mass is 9.75. The van der Waals surface area contributed by atoms with Crippen LogP contribution in [-0.2, 0) is 0 Å². The predicted molar refractivity (Wildman–Crippen MR) is 80.9 cm³/mol. The molecule has 18 heavy (non-hydrogen) atoms. The van der Waals surface area contributed by atoms with E-state index in [1.165, 1.54) is 26.7 Å². The van der Waals surface area contributed by atoms with Crippen molar-refractivity contribution in [3.8, 4) is 11.1 Å². The van der Waals surface area contributed by atoms with Crippen LogP contribution in [0, 0.1) is 5.41 Å². The Labute approximate surface area is 117 Å². The average Bonchev–Trinajstić information content (AvgIpc) is 2.61. The van der Waals surface area contributed by atoms with Crippen LogP contribution >= 0.6 is 15.9 Å². The van der Waals surface area contributed by atoms with Crippen molar-refractivity contribution < 1.29 is 0 Å². The number of halogens is 1. The summed E-state index contributed by atoms with van der Waals surface area (Å²) >= 11 is 3.60. The van der Waals surface area contributed by atoms with Crippen molar-refractivity contribution in [2.45, 2.75) is 26.7 Å². The van der Waals surface area contributed by atoms with E-state index in [1.54, 1.807) is 0 Å². The van der Waals surface area contributed by atoms with Crippen LogP contribution in [0.25, 0.3) is 11.1 Å². The summed E-state index contributed by atoms with van der Waals surface area (Å²) in [6.45, 7) is 6.97. The van der Waals surface area contributed by atoms with Gasteiger partial charge in [-0.1, -0.05) is 67.0 Å². The number of hydrogen-bond acceptors (Lipinski definition) is 0. The minimum absolute atomic E-state index is 0.238. The average molecular weight is 301 g/mol. The third kappa shape index (κ3) is 1.73. The fourth-order valence-electron chi connectivity index (χ4n) is 3.11. The van der Waals surface area contributed by atoms with E-state index in [4.69, 9.17) is 0 Å². The van der Waals surface area contributed by atoms with Crippen molar-refractivity contribution >= 4 is 15.9 Å². The smallest absolute Gasteiger partial charge is 0.0178 e. The summed E-state index contributed by atoms with van der Waals surface area (Å²) in [4.78, 5) is 0. The van der Waals surface area contributed by atoms with E-state index in [0.717, 1.165) is 0 Å². The molecular formula is C17H17Br. The van der Waals surface area contributed by atoms with Gasteiger partial charge in [-0.25, -0.2) is 0 Å². The van der Waals surface area contributed by atoms with Crippen molar-refractivity contribution in [2.24, 2.45) is 5.41 Å². The first kappa shape index (κ1) is 12.0. The number of fused-ring (bicyclic) bond motifs is 3. The molecule has 1 atom stereocenters. The fraction of sp³-hybridized carbons (Fsp3) is 0.294. The van der Waals surface area contributed by atoms with Crippen molar-refractivity contribution in [1.82, 2.24) is 0 Å². The maximum atomic E-state index is 3.60. The van der Waals surface area contributed by atoms with E-state index in [0.29, 0.717) is 5.92 Å². The van der Waals surface area contributed by atoms with Crippen LogP contribution in [-0.4, -0.2) is 0 Å². The molecule has 1 unspecified atom stereocenters. The minimum atomic E-state index is 0.238. The monoisotopic (exact) mass is 300 g/mol. The topological polar surface area (TPSA) is 0 Å². The van der Waals surface area contributed by atoms with Gasteiger partial charge in [0.25, 0.3) is 0 Å². The summed E-state index contributed by atoms with van der Waals surface area (Å²) in [7, 11) is 0. The standard InChI is InChI=1S/C17H17Br/c1-17(2,3)16-14-7-5-4-6-12(14)13-9-8-11(18)10-15(13)16/h4-10,16H,1-3H3. The van der Waals surface area contributed by atoms with Gasteiger partial charge in [0.2, 0.25) is 0 Å². The molecule has 0 radical (unpaired) electrons. The van der Waals surface area contributed by atoms with Crippen LogP contribution in [0.4, 0.5) is 0 Å². The molecule has 0 saturated heterocycles. The Morgan fingerprint density at radius 2 is 1.56 bits per heavy atom. The van der Waals surface area contributed by atoms with Crippen LogP contribution in [0.15, 0.2) is 46.9 Å². The molecule has 0 fully saturated rings. The van der Waals surface area contributed by atoms with Gasteiger partial charge in [0.15, 0.2) is 0 Å². The largest absolute Gasteiger partial charge is 0.0619 e. The zero-order valence-electron chi connectivity index (χ0n) is 11.0. The lowest BCUT2D eigenvalue weighted by Gasteiger charge is -2.29. The first-order valence-electron chi connectivity index (χ1n) is 6.37. The Bertz CT molecular complexity index is 605. The van der Waals surface area contributed by atoms with Gasteiger partial charge < -0.3 is 0 Å². The second-order valence-corrected chi connectivity index (χ2v) is 7.03. The number of benzene rings is 2. The van der Waals surface area contributed by atoms with Gasteiger partial charge in [-0.2, -0.15) is 0 Å². The summed E-state index contributed by atoms with van der Waals surface area (Å²) in [6.07, 6.45) is 0. The Morgan fingerprint density at radius 1 is 0.889 bits per heavy atom. The maximum absolute atomic E-state index is 3.60. The molecule has 1 aliphatic rings. The highest BCUT2D eigenvalue weighted by Crippen LogP contribution is 2.52. The van der Waals surface area contributed by atoms with Crippen LogP contribution in [0.3, 0.4) is 0 Å². The molecule has 1 aliphatic carbocycles. The zero-order valence-corrected chi connectivity index (χ0v) is 12.6. The maximum Gasteiger partial charge on any atom is 0.0178 e. The normalized spacial score (nSPS) is 17.4. The highest BCUT2D eigenvalue weighted by atomic mass is 79.9. The first-order chi connectivity index (χ1) is 8.48. The van der Waals surface area contributed by atoms with Crippen LogP contribution in [0.5, 0.6) is 0 Å². The minimum Gasteiger partial charge on any atom is -0.0619 e. The number of rotatable bonds is 0. The molecule has 0 spiro atoms. The van der Waals surface area contributed by atoms with Crippen molar-refractivity contribution in [3.05, 3.63) is 58.1 Å². The van der Waals surface area contributed by atoms with Gasteiger partial charge in [-0.3, -0.25) is 0 Å². The summed E-state index contributed by atoms with van der Waals surface area (Å²) in [5.41, 5.74) is 5.96. The van der Waals surface area contributed by atoms with Gasteiger partial charge in [-0.05, 0) is 39.8 Å². The van der Waals surface area contributed by atoms with E-state index in [-0.39, 0.29) is 5.41 Å². The second kappa shape index (κ2) is 3.96. The molecule has 92 valence electrons. The molecule has 0 nitrogen and oxygen atoms in total. The third-order valence-electron chi connectivity index (χ3n) is 3.75. The van der Waals surface area contributed by atoms with Crippen LogP contribution in [0.1, 0.15) is 37.8 Å². The Kier molecular flexibility index (Phi) is 2.63. The van der Waals surface area contributed by atoms with Gasteiger partial charge in [0.05, 0.1) is 0 Å². The van der Waals surface area contributed by atoms with Gasteiger partial charge in [0.1, 0.15) is 0 Å². The quantitative estimate of drug-likeness (QED) is 0.593.